The van der Waals surface area contributed by atoms with Gasteiger partial charge in [0, 0.05) is 10.0 Å². The highest BCUT2D eigenvalue weighted by Gasteiger charge is 2.14. The van der Waals surface area contributed by atoms with Crippen molar-refractivity contribution in [2.75, 3.05) is 0 Å². The fraction of sp³-hybridized carbons (Fsp3) is 0.333. The summed E-state index contributed by atoms with van der Waals surface area (Å²) < 4.78 is 1.10. The summed E-state index contributed by atoms with van der Waals surface area (Å²) in [6, 6.07) is 6.19. The molecule has 0 radical (unpaired) electrons. The van der Waals surface area contributed by atoms with Crippen molar-refractivity contribution in [2.45, 2.75) is 25.1 Å². The molecule has 1 aromatic carbocycles. The minimum atomic E-state index is 0.303. The van der Waals surface area contributed by atoms with Gasteiger partial charge in [0.25, 0.3) is 0 Å². The molecule has 0 fully saturated rings. The second kappa shape index (κ2) is 5.59. The Labute approximate surface area is 122 Å². The zero-order valence-corrected chi connectivity index (χ0v) is 13.6. The number of rotatable bonds is 3. The Kier molecular flexibility index (Phi) is 4.33. The summed E-state index contributed by atoms with van der Waals surface area (Å²) in [7, 11) is 0. The first-order chi connectivity index (χ1) is 8.13. The number of aryl methyl sites for hydroxylation is 1. The second-order valence-corrected chi connectivity index (χ2v) is 6.67. The molecule has 0 saturated heterocycles. The molecular formula is C12H12Br2N2S. The largest absolute Gasteiger partial charge is 0.148 e. The first kappa shape index (κ1) is 13.2. The number of hydrogen-bond acceptors (Lipinski definition) is 3. The number of hydrogen-bond donors (Lipinski definition) is 0. The van der Waals surface area contributed by atoms with Crippen LogP contribution in [-0.2, 0) is 0 Å². The van der Waals surface area contributed by atoms with Gasteiger partial charge in [-0.3, -0.25) is 0 Å². The predicted molar refractivity (Wildman–Crippen MR) is 79.7 cm³/mol. The molecule has 0 bridgehead atoms. The third kappa shape index (κ3) is 2.77. The van der Waals surface area contributed by atoms with E-state index in [0.717, 1.165) is 26.5 Å². The van der Waals surface area contributed by atoms with Gasteiger partial charge in [0.1, 0.15) is 10.0 Å². The van der Waals surface area contributed by atoms with Crippen LogP contribution in [-0.4, -0.2) is 10.2 Å². The number of aromatic nitrogens is 2. The summed E-state index contributed by atoms with van der Waals surface area (Å²) in [6.07, 6.45) is 1.02. The molecule has 0 N–H and O–H groups in total. The molecule has 17 heavy (non-hydrogen) atoms. The summed E-state index contributed by atoms with van der Waals surface area (Å²) >= 11 is 8.85. The monoisotopic (exact) mass is 374 g/mol. The minimum absolute atomic E-state index is 0.303. The maximum absolute atomic E-state index is 4.27. The van der Waals surface area contributed by atoms with E-state index in [2.05, 4.69) is 68.0 Å². The Hall–Kier alpha value is -0.260. The third-order valence-electron chi connectivity index (χ3n) is 2.49. The summed E-state index contributed by atoms with van der Waals surface area (Å²) in [5, 5.41) is 10.5. The number of nitrogens with zero attached hydrogens (tertiary/aromatic N) is 2. The van der Waals surface area contributed by atoms with Crippen LogP contribution in [0.25, 0.3) is 10.6 Å². The molecule has 1 aromatic heterocycles. The predicted octanol–water partition coefficient (Wildman–Crippen LogP) is 5.12. The quantitative estimate of drug-likeness (QED) is 0.695. The summed E-state index contributed by atoms with van der Waals surface area (Å²) in [5.41, 5.74) is 2.33. The molecule has 2 nitrogen and oxygen atoms in total. The number of benzene rings is 1. The van der Waals surface area contributed by atoms with E-state index in [1.807, 2.05) is 6.07 Å². The fourth-order valence-electron chi connectivity index (χ4n) is 1.46. The molecule has 1 atom stereocenters. The van der Waals surface area contributed by atoms with Crippen LogP contribution < -0.4 is 0 Å². The van der Waals surface area contributed by atoms with E-state index >= 15 is 0 Å². The topological polar surface area (TPSA) is 25.8 Å². The third-order valence-corrected chi connectivity index (χ3v) is 6.00. The van der Waals surface area contributed by atoms with Crippen molar-refractivity contribution in [3.05, 3.63) is 33.2 Å². The number of halogens is 2. The smallest absolute Gasteiger partial charge is 0.142 e. The minimum Gasteiger partial charge on any atom is -0.142 e. The molecule has 0 saturated carbocycles. The van der Waals surface area contributed by atoms with Crippen LogP contribution in [0.5, 0.6) is 0 Å². The average Bonchev–Trinajstić information content (AvgIpc) is 2.81. The zero-order chi connectivity index (χ0) is 12.4. The zero-order valence-electron chi connectivity index (χ0n) is 9.58. The lowest BCUT2D eigenvalue weighted by molar-refractivity contribution is 0.870. The molecular weight excluding hydrogens is 364 g/mol. The van der Waals surface area contributed by atoms with Gasteiger partial charge in [0.2, 0.25) is 0 Å². The second-order valence-electron chi connectivity index (χ2n) is 3.76. The lowest BCUT2D eigenvalue weighted by Gasteiger charge is -2.02. The van der Waals surface area contributed by atoms with Crippen LogP contribution in [0.2, 0.25) is 0 Å². The lowest BCUT2D eigenvalue weighted by Crippen LogP contribution is -1.85. The van der Waals surface area contributed by atoms with E-state index in [0.29, 0.717) is 4.83 Å². The molecule has 0 aliphatic heterocycles. The molecule has 1 unspecified atom stereocenters. The van der Waals surface area contributed by atoms with Gasteiger partial charge >= 0.3 is 0 Å². The van der Waals surface area contributed by atoms with Gasteiger partial charge < -0.3 is 0 Å². The molecule has 90 valence electrons. The fourth-order valence-corrected chi connectivity index (χ4v) is 3.35. The van der Waals surface area contributed by atoms with Crippen molar-refractivity contribution >= 4 is 43.2 Å². The van der Waals surface area contributed by atoms with Crippen molar-refractivity contribution in [1.82, 2.24) is 10.2 Å². The van der Waals surface area contributed by atoms with Crippen LogP contribution in [0.4, 0.5) is 0 Å². The van der Waals surface area contributed by atoms with Crippen LogP contribution in [0.1, 0.15) is 28.7 Å². The van der Waals surface area contributed by atoms with Crippen LogP contribution in [0.3, 0.4) is 0 Å². The van der Waals surface area contributed by atoms with E-state index in [4.69, 9.17) is 0 Å². The molecule has 0 spiro atoms. The maximum atomic E-state index is 4.27. The van der Waals surface area contributed by atoms with Crippen molar-refractivity contribution in [3.63, 3.8) is 0 Å². The van der Waals surface area contributed by atoms with Gasteiger partial charge in [-0.25, -0.2) is 0 Å². The molecule has 0 amide bonds. The van der Waals surface area contributed by atoms with Crippen molar-refractivity contribution in [1.29, 1.82) is 0 Å². The molecule has 2 rings (SSSR count). The SMILES string of the molecule is CCC(Br)c1nnc(-c2cccc(C)c2Br)s1. The first-order valence-corrected chi connectivity index (χ1v) is 7.89. The van der Waals surface area contributed by atoms with Crippen molar-refractivity contribution in [2.24, 2.45) is 0 Å². The van der Waals surface area contributed by atoms with Crippen LogP contribution in [0, 0.1) is 6.92 Å². The van der Waals surface area contributed by atoms with Gasteiger partial charge in [-0.2, -0.15) is 0 Å². The van der Waals surface area contributed by atoms with Gasteiger partial charge in [-0.05, 0) is 34.8 Å². The lowest BCUT2D eigenvalue weighted by atomic mass is 10.1. The van der Waals surface area contributed by atoms with E-state index < -0.39 is 0 Å². The summed E-state index contributed by atoms with van der Waals surface area (Å²) in [4.78, 5) is 0.303. The normalized spacial score (nSPS) is 12.7. The van der Waals surface area contributed by atoms with E-state index in [9.17, 15) is 0 Å². The van der Waals surface area contributed by atoms with Crippen molar-refractivity contribution in [3.8, 4) is 10.6 Å². The highest BCUT2D eigenvalue weighted by Crippen LogP contribution is 2.36. The highest BCUT2D eigenvalue weighted by atomic mass is 79.9. The molecule has 2 aromatic rings. The van der Waals surface area contributed by atoms with Gasteiger partial charge in [-0.15, -0.1) is 10.2 Å². The molecule has 1 heterocycles. The van der Waals surface area contributed by atoms with Crippen molar-refractivity contribution < 1.29 is 0 Å². The maximum Gasteiger partial charge on any atom is 0.148 e. The molecule has 0 aliphatic carbocycles. The first-order valence-electron chi connectivity index (χ1n) is 5.36. The number of alkyl halides is 1. The van der Waals surface area contributed by atoms with E-state index in [1.54, 1.807) is 11.3 Å². The molecule has 5 heteroatoms. The average molecular weight is 376 g/mol. The Morgan fingerprint density at radius 2 is 2.12 bits per heavy atom. The van der Waals surface area contributed by atoms with Gasteiger partial charge in [-0.1, -0.05) is 52.4 Å². The Balaban J connectivity index is 2.40. The van der Waals surface area contributed by atoms with E-state index in [1.165, 1.54) is 5.56 Å². The highest BCUT2D eigenvalue weighted by molar-refractivity contribution is 9.10. The van der Waals surface area contributed by atoms with Crippen LogP contribution in [0.15, 0.2) is 22.7 Å². The van der Waals surface area contributed by atoms with E-state index in [-0.39, 0.29) is 0 Å². The Bertz CT molecular complexity index is 525. The summed E-state index contributed by atoms with van der Waals surface area (Å²) in [5.74, 6) is 0. The van der Waals surface area contributed by atoms with Gasteiger partial charge in [0.05, 0.1) is 4.83 Å². The van der Waals surface area contributed by atoms with Gasteiger partial charge in [0.15, 0.2) is 0 Å². The molecule has 0 aliphatic rings. The van der Waals surface area contributed by atoms with Crippen LogP contribution >= 0.6 is 43.2 Å². The standard InChI is InChI=1S/C12H12Br2N2S/c1-3-9(13)12-16-15-11(17-12)8-6-4-5-7(2)10(8)14/h4-6,9H,3H2,1-2H3. The Morgan fingerprint density at radius 3 is 2.82 bits per heavy atom. The Morgan fingerprint density at radius 1 is 1.35 bits per heavy atom. The summed E-state index contributed by atoms with van der Waals surface area (Å²) in [6.45, 7) is 4.21.